The molecule has 0 saturated heterocycles. The van der Waals surface area contributed by atoms with Gasteiger partial charge >= 0.3 is 0 Å². The maximum Gasteiger partial charge on any atom is 0.227 e. The molecule has 0 aliphatic heterocycles. The smallest absolute Gasteiger partial charge is 0.227 e. The maximum absolute atomic E-state index is 12.7. The number of thioether (sulfide) groups is 1. The zero-order valence-electron chi connectivity index (χ0n) is 15.9. The Balaban J connectivity index is 1.57. The van der Waals surface area contributed by atoms with E-state index in [-0.39, 0.29) is 11.1 Å². The zero-order valence-corrected chi connectivity index (χ0v) is 18.3. The average molecular weight is 449 g/mol. The lowest BCUT2D eigenvalue weighted by atomic mass is 10.3. The van der Waals surface area contributed by atoms with E-state index in [0.29, 0.717) is 29.5 Å². The lowest BCUT2D eigenvalue weighted by Crippen LogP contribution is -2.30. The van der Waals surface area contributed by atoms with Crippen LogP contribution in [0.4, 0.5) is 5.69 Å². The van der Waals surface area contributed by atoms with Crippen LogP contribution >= 0.6 is 23.4 Å². The highest BCUT2D eigenvalue weighted by molar-refractivity contribution is 8.10. The van der Waals surface area contributed by atoms with E-state index in [1.807, 2.05) is 49.4 Å². The van der Waals surface area contributed by atoms with E-state index in [0.717, 1.165) is 10.6 Å². The second-order valence-electron chi connectivity index (χ2n) is 6.03. The molecule has 1 aromatic carbocycles. The molecule has 1 amide bonds. The minimum Gasteiger partial charge on any atom is -0.308 e. The third-order valence-electron chi connectivity index (χ3n) is 4.13. The van der Waals surface area contributed by atoms with Crippen molar-refractivity contribution in [3.8, 4) is 5.69 Å². The number of carbonyl (C=O) groups is 1. The van der Waals surface area contributed by atoms with E-state index in [2.05, 4.69) is 10.1 Å². The topological polar surface area (TPSA) is 68.1 Å². The number of rotatable bonds is 9. The fourth-order valence-electron chi connectivity index (χ4n) is 2.70. The van der Waals surface area contributed by atoms with E-state index in [4.69, 9.17) is 11.6 Å². The number of amides is 1. The Morgan fingerprint density at radius 2 is 2.03 bits per heavy atom. The minimum absolute atomic E-state index is 0.0434. The van der Waals surface area contributed by atoms with Crippen LogP contribution in [0.5, 0.6) is 0 Å². The van der Waals surface area contributed by atoms with Gasteiger partial charge in [0.25, 0.3) is 0 Å². The highest BCUT2D eigenvalue weighted by Crippen LogP contribution is 2.26. The number of hydrogen-bond donors (Lipinski definition) is 0. The van der Waals surface area contributed by atoms with Gasteiger partial charge in [0.15, 0.2) is 5.15 Å². The van der Waals surface area contributed by atoms with Gasteiger partial charge in [0, 0.05) is 29.8 Å². The van der Waals surface area contributed by atoms with Crippen molar-refractivity contribution < 1.29 is 9.00 Å². The van der Waals surface area contributed by atoms with Crippen LogP contribution in [0.15, 0.2) is 66.0 Å². The highest BCUT2D eigenvalue weighted by atomic mass is 35.5. The molecule has 6 nitrogen and oxygen atoms in total. The van der Waals surface area contributed by atoms with Gasteiger partial charge in [0.1, 0.15) is 5.69 Å². The molecular weight excluding hydrogens is 428 g/mol. The Bertz CT molecular complexity index is 967. The van der Waals surface area contributed by atoms with Crippen LogP contribution in [-0.2, 0) is 15.6 Å². The van der Waals surface area contributed by atoms with Crippen molar-refractivity contribution in [2.45, 2.75) is 18.2 Å². The molecule has 2 heterocycles. The largest absolute Gasteiger partial charge is 0.308 e. The molecule has 0 bridgehead atoms. The number of carbonyl (C=O) groups excluding carboxylic acids is 1. The van der Waals surface area contributed by atoms with E-state index in [9.17, 15) is 9.00 Å². The predicted molar refractivity (Wildman–Crippen MR) is 119 cm³/mol. The van der Waals surface area contributed by atoms with E-state index < -0.39 is 10.8 Å². The van der Waals surface area contributed by atoms with Gasteiger partial charge in [0.2, 0.25) is 5.91 Å². The molecule has 1 unspecified atom stereocenters. The minimum atomic E-state index is -1.07. The number of halogens is 1. The molecule has 0 saturated carbocycles. The van der Waals surface area contributed by atoms with Gasteiger partial charge in [-0.1, -0.05) is 29.8 Å². The van der Waals surface area contributed by atoms with Crippen molar-refractivity contribution >= 4 is 45.8 Å². The van der Waals surface area contributed by atoms with Crippen molar-refractivity contribution in [1.82, 2.24) is 14.8 Å². The molecule has 3 aromatic rings. The molecule has 2 aromatic heterocycles. The van der Waals surface area contributed by atoms with E-state index in [1.54, 1.807) is 28.2 Å². The van der Waals surface area contributed by atoms with Gasteiger partial charge in [0.05, 0.1) is 34.0 Å². The molecule has 0 aliphatic rings. The van der Waals surface area contributed by atoms with Crippen LogP contribution in [-0.4, -0.2) is 42.3 Å². The quantitative estimate of drug-likeness (QED) is 0.460. The first-order chi connectivity index (χ1) is 14.1. The van der Waals surface area contributed by atoms with E-state index >= 15 is 0 Å². The monoisotopic (exact) mass is 448 g/mol. The van der Waals surface area contributed by atoms with Crippen LogP contribution in [0, 0.1) is 0 Å². The molecule has 3 rings (SSSR count). The summed E-state index contributed by atoms with van der Waals surface area (Å²) < 4.78 is 13.9. The standard InChI is InChI=1S/C20H21ClN4O2S2/c1-2-24(18-14-25(23-20(18)21)16-7-6-11-22-13-16)19(26)10-12-28-15-29(27)17-8-4-3-5-9-17/h3-9,11,13-14H,2,10,12,15H2,1H3. The first kappa shape index (κ1) is 21.5. The second kappa shape index (κ2) is 10.6. The first-order valence-electron chi connectivity index (χ1n) is 9.07. The van der Waals surface area contributed by atoms with Gasteiger partial charge in [-0.2, -0.15) is 5.10 Å². The summed E-state index contributed by atoms with van der Waals surface area (Å²) in [5.74, 6) is 0.542. The summed E-state index contributed by atoms with van der Waals surface area (Å²) in [6, 6.07) is 13.0. The molecule has 152 valence electrons. The fraction of sp³-hybridized carbons (Fsp3) is 0.250. The maximum atomic E-state index is 12.7. The molecular formula is C20H21ClN4O2S2. The fourth-order valence-corrected chi connectivity index (χ4v) is 5.33. The highest BCUT2D eigenvalue weighted by Gasteiger charge is 2.20. The van der Waals surface area contributed by atoms with Crippen LogP contribution in [0.3, 0.4) is 0 Å². The van der Waals surface area contributed by atoms with Crippen LogP contribution in [0.1, 0.15) is 13.3 Å². The third-order valence-corrected chi connectivity index (χ3v) is 7.21. The van der Waals surface area contributed by atoms with E-state index in [1.165, 1.54) is 11.8 Å². The summed E-state index contributed by atoms with van der Waals surface area (Å²) in [6.07, 6.45) is 5.42. The Hall–Kier alpha value is -2.16. The third kappa shape index (κ3) is 5.68. The summed E-state index contributed by atoms with van der Waals surface area (Å²) >= 11 is 7.80. The van der Waals surface area contributed by atoms with Crippen molar-refractivity contribution in [2.24, 2.45) is 0 Å². The summed E-state index contributed by atoms with van der Waals surface area (Å²) in [4.78, 5) is 19.2. The molecule has 29 heavy (non-hydrogen) atoms. The van der Waals surface area contributed by atoms with Crippen molar-refractivity contribution in [3.63, 3.8) is 0 Å². The Morgan fingerprint density at radius 3 is 2.72 bits per heavy atom. The normalized spacial score (nSPS) is 11.9. The van der Waals surface area contributed by atoms with Crippen molar-refractivity contribution in [2.75, 3.05) is 22.3 Å². The summed E-state index contributed by atoms with van der Waals surface area (Å²) in [6.45, 7) is 2.38. The summed E-state index contributed by atoms with van der Waals surface area (Å²) in [5, 5.41) is 5.02. The molecule has 0 aliphatic carbocycles. The van der Waals surface area contributed by atoms with Crippen LogP contribution in [0.2, 0.25) is 5.15 Å². The molecule has 0 spiro atoms. The van der Waals surface area contributed by atoms with Gasteiger partial charge in [-0.3, -0.25) is 14.0 Å². The van der Waals surface area contributed by atoms with Crippen molar-refractivity contribution in [1.29, 1.82) is 0 Å². The summed E-state index contributed by atoms with van der Waals surface area (Å²) in [7, 11) is -1.07. The SMILES string of the molecule is CCN(C(=O)CCSCS(=O)c1ccccc1)c1cn(-c2cccnc2)nc1Cl. The van der Waals surface area contributed by atoms with Gasteiger partial charge in [-0.25, -0.2) is 4.68 Å². The lowest BCUT2D eigenvalue weighted by Gasteiger charge is -2.19. The predicted octanol–water partition coefficient (Wildman–Crippen LogP) is 4.16. The molecule has 1 atom stereocenters. The van der Waals surface area contributed by atoms with Gasteiger partial charge in [-0.15, -0.1) is 11.8 Å². The van der Waals surface area contributed by atoms with Crippen molar-refractivity contribution in [3.05, 3.63) is 66.2 Å². The Kier molecular flexibility index (Phi) is 7.85. The number of benzene rings is 1. The number of aromatic nitrogens is 3. The molecule has 9 heteroatoms. The first-order valence-corrected chi connectivity index (χ1v) is 11.9. The lowest BCUT2D eigenvalue weighted by molar-refractivity contribution is -0.118. The average Bonchev–Trinajstić information content (AvgIpc) is 3.14. The number of hydrogen-bond acceptors (Lipinski definition) is 5. The number of pyridine rings is 1. The summed E-state index contributed by atoms with van der Waals surface area (Å²) in [5.41, 5.74) is 1.34. The Labute approximate surface area is 181 Å². The van der Waals surface area contributed by atoms with Crippen LogP contribution in [0.25, 0.3) is 5.69 Å². The molecule has 0 radical (unpaired) electrons. The molecule has 0 fully saturated rings. The number of anilines is 1. The number of nitrogens with zero attached hydrogens (tertiary/aromatic N) is 4. The zero-order chi connectivity index (χ0) is 20.6. The van der Waals surface area contributed by atoms with Crippen LogP contribution < -0.4 is 4.90 Å². The Morgan fingerprint density at radius 1 is 1.24 bits per heavy atom. The van der Waals surface area contributed by atoms with Gasteiger partial charge < -0.3 is 4.90 Å². The second-order valence-corrected chi connectivity index (χ2v) is 9.31. The van der Waals surface area contributed by atoms with Gasteiger partial charge in [-0.05, 0) is 31.2 Å². The molecule has 0 N–H and O–H groups in total.